The predicted octanol–water partition coefficient (Wildman–Crippen LogP) is 1.98. The van der Waals surface area contributed by atoms with Crippen LogP contribution in [0, 0.1) is 6.92 Å². The maximum absolute atomic E-state index is 11.1. The third kappa shape index (κ3) is 1.95. The molecule has 1 aliphatic rings. The van der Waals surface area contributed by atoms with E-state index in [1.807, 2.05) is 31.2 Å². The van der Waals surface area contributed by atoms with Gasteiger partial charge in [0.1, 0.15) is 0 Å². The highest BCUT2D eigenvalue weighted by atomic mass is 32.2. The molecule has 80 valence electrons. The van der Waals surface area contributed by atoms with E-state index in [1.165, 1.54) is 5.56 Å². The number of anilines is 1. The topological polar surface area (TPSA) is 49.3 Å². The Morgan fingerprint density at radius 3 is 2.40 bits per heavy atom. The number of hydrogen-bond donors (Lipinski definition) is 2. The van der Waals surface area contributed by atoms with E-state index in [-0.39, 0.29) is 0 Å². The van der Waals surface area contributed by atoms with E-state index in [4.69, 9.17) is 5.11 Å². The van der Waals surface area contributed by atoms with Crippen molar-refractivity contribution in [3.8, 4) is 0 Å². The number of carboxylic acid groups (broad SMARTS) is 1. The van der Waals surface area contributed by atoms with Gasteiger partial charge in [-0.1, -0.05) is 17.7 Å². The monoisotopic (exact) mass is 223 g/mol. The van der Waals surface area contributed by atoms with Crippen molar-refractivity contribution in [3.63, 3.8) is 0 Å². The van der Waals surface area contributed by atoms with Gasteiger partial charge in [-0.05, 0) is 19.1 Å². The van der Waals surface area contributed by atoms with E-state index in [2.05, 4.69) is 5.32 Å². The normalized spacial score (nSPS) is 17.9. The Bertz CT molecular complexity index is 371. The summed E-state index contributed by atoms with van der Waals surface area (Å²) in [4.78, 5) is 11.1. The molecule has 4 heteroatoms. The molecule has 0 spiro atoms. The molecule has 1 fully saturated rings. The van der Waals surface area contributed by atoms with Gasteiger partial charge in [-0.25, -0.2) is 4.79 Å². The van der Waals surface area contributed by atoms with E-state index in [9.17, 15) is 4.79 Å². The van der Waals surface area contributed by atoms with Crippen molar-refractivity contribution in [3.05, 3.63) is 29.8 Å². The van der Waals surface area contributed by atoms with E-state index >= 15 is 0 Å². The summed E-state index contributed by atoms with van der Waals surface area (Å²) >= 11 is 1.65. The molecule has 1 aliphatic heterocycles. The third-order valence-electron chi connectivity index (χ3n) is 2.54. The Labute approximate surface area is 92.9 Å². The molecular weight excluding hydrogens is 210 g/mol. The van der Waals surface area contributed by atoms with Crippen LogP contribution in [0.3, 0.4) is 0 Å². The predicted molar refractivity (Wildman–Crippen MR) is 62.5 cm³/mol. The van der Waals surface area contributed by atoms with Gasteiger partial charge < -0.3 is 10.4 Å². The number of nitrogens with one attached hydrogen (secondary N) is 1. The van der Waals surface area contributed by atoms with Crippen LogP contribution in [0.2, 0.25) is 0 Å². The molecule has 1 aromatic rings. The second kappa shape index (κ2) is 3.77. The minimum absolute atomic E-state index is 0.635. The second-order valence-corrected chi connectivity index (χ2v) is 4.86. The van der Waals surface area contributed by atoms with Gasteiger partial charge in [-0.3, -0.25) is 0 Å². The first-order chi connectivity index (χ1) is 7.12. The summed E-state index contributed by atoms with van der Waals surface area (Å²) in [5.74, 6) is 0.508. The molecule has 0 unspecified atom stereocenters. The summed E-state index contributed by atoms with van der Waals surface area (Å²) in [6.07, 6.45) is 0. The molecule has 0 aromatic heterocycles. The van der Waals surface area contributed by atoms with Crippen LogP contribution in [0.4, 0.5) is 5.69 Å². The first-order valence-electron chi connectivity index (χ1n) is 4.78. The van der Waals surface area contributed by atoms with Crippen LogP contribution in [-0.4, -0.2) is 28.1 Å². The Morgan fingerprint density at radius 1 is 1.40 bits per heavy atom. The van der Waals surface area contributed by atoms with Crippen LogP contribution in [0.25, 0.3) is 0 Å². The summed E-state index contributed by atoms with van der Waals surface area (Å²) in [6, 6.07) is 7.79. The van der Waals surface area contributed by atoms with Crippen LogP contribution in [-0.2, 0) is 4.79 Å². The molecule has 0 amide bonds. The Kier molecular flexibility index (Phi) is 2.61. The molecule has 0 radical (unpaired) electrons. The molecule has 1 saturated heterocycles. The van der Waals surface area contributed by atoms with Gasteiger partial charge in [0.2, 0.25) is 0 Å². The molecule has 1 aromatic carbocycles. The molecule has 3 nitrogen and oxygen atoms in total. The lowest BCUT2D eigenvalue weighted by molar-refractivity contribution is -0.141. The van der Waals surface area contributed by atoms with Gasteiger partial charge in [0.15, 0.2) is 5.54 Å². The lowest BCUT2D eigenvalue weighted by Gasteiger charge is -2.38. The largest absolute Gasteiger partial charge is 0.479 e. The second-order valence-electron chi connectivity index (χ2n) is 3.87. The number of carboxylic acids is 1. The number of rotatable bonds is 3. The molecule has 15 heavy (non-hydrogen) atoms. The number of benzene rings is 1. The standard InChI is InChI=1S/C11H13NO2S/c1-8-2-4-9(5-3-8)12-11(10(13)14)6-15-7-11/h2-5,12H,6-7H2,1H3,(H,13,14). The summed E-state index contributed by atoms with van der Waals surface area (Å²) in [5, 5.41) is 12.2. The first kappa shape index (κ1) is 10.4. The van der Waals surface area contributed by atoms with Gasteiger partial charge in [0.05, 0.1) is 0 Å². The molecule has 0 atom stereocenters. The number of aryl methyl sites for hydroxylation is 1. The zero-order valence-electron chi connectivity index (χ0n) is 8.49. The fourth-order valence-electron chi connectivity index (χ4n) is 1.47. The molecule has 0 bridgehead atoms. The highest BCUT2D eigenvalue weighted by Crippen LogP contribution is 2.33. The smallest absolute Gasteiger partial charge is 0.331 e. The summed E-state index contributed by atoms with van der Waals surface area (Å²) in [5.41, 5.74) is 1.30. The fourth-order valence-corrected chi connectivity index (χ4v) is 2.47. The molecule has 0 saturated carbocycles. The van der Waals surface area contributed by atoms with Gasteiger partial charge >= 0.3 is 5.97 Å². The lowest BCUT2D eigenvalue weighted by atomic mass is 10.0. The number of aliphatic carboxylic acids is 1. The maximum atomic E-state index is 11.1. The highest BCUT2D eigenvalue weighted by Gasteiger charge is 2.45. The lowest BCUT2D eigenvalue weighted by Crippen LogP contribution is -2.57. The minimum atomic E-state index is -0.762. The SMILES string of the molecule is Cc1ccc(NC2(C(=O)O)CSC2)cc1. The Hall–Kier alpha value is -1.16. The van der Waals surface area contributed by atoms with Crippen molar-refractivity contribution >= 4 is 23.4 Å². The van der Waals surface area contributed by atoms with Gasteiger partial charge in [0, 0.05) is 17.2 Å². The van der Waals surface area contributed by atoms with Crippen molar-refractivity contribution in [1.29, 1.82) is 0 Å². The van der Waals surface area contributed by atoms with E-state index in [1.54, 1.807) is 11.8 Å². The number of thioether (sulfide) groups is 1. The average Bonchev–Trinajstić information content (AvgIpc) is 2.13. The van der Waals surface area contributed by atoms with E-state index < -0.39 is 11.5 Å². The quantitative estimate of drug-likeness (QED) is 0.822. The zero-order valence-corrected chi connectivity index (χ0v) is 9.30. The molecular formula is C11H13NO2S. The van der Waals surface area contributed by atoms with Crippen molar-refractivity contribution < 1.29 is 9.90 Å². The summed E-state index contributed by atoms with van der Waals surface area (Å²) in [6.45, 7) is 2.01. The number of carbonyl (C=O) groups is 1. The third-order valence-corrected chi connectivity index (χ3v) is 3.94. The molecule has 2 rings (SSSR count). The van der Waals surface area contributed by atoms with Crippen LogP contribution < -0.4 is 5.32 Å². The van der Waals surface area contributed by atoms with Crippen LogP contribution in [0.5, 0.6) is 0 Å². The van der Waals surface area contributed by atoms with Gasteiger partial charge in [0.25, 0.3) is 0 Å². The van der Waals surface area contributed by atoms with Crippen molar-refractivity contribution in [1.82, 2.24) is 0 Å². The van der Waals surface area contributed by atoms with Gasteiger partial charge in [-0.2, -0.15) is 11.8 Å². The average molecular weight is 223 g/mol. The Morgan fingerprint density at radius 2 is 2.00 bits per heavy atom. The molecule has 1 heterocycles. The highest BCUT2D eigenvalue weighted by molar-refractivity contribution is 8.01. The summed E-state index contributed by atoms with van der Waals surface area (Å²) < 4.78 is 0. The molecule has 2 N–H and O–H groups in total. The van der Waals surface area contributed by atoms with E-state index in [0.717, 1.165) is 5.69 Å². The van der Waals surface area contributed by atoms with Crippen LogP contribution in [0.1, 0.15) is 5.56 Å². The fraction of sp³-hybridized carbons (Fsp3) is 0.364. The minimum Gasteiger partial charge on any atom is -0.479 e. The number of hydrogen-bond acceptors (Lipinski definition) is 3. The molecule has 0 aliphatic carbocycles. The zero-order chi connectivity index (χ0) is 10.9. The van der Waals surface area contributed by atoms with Crippen molar-refractivity contribution in [2.45, 2.75) is 12.5 Å². The summed E-state index contributed by atoms with van der Waals surface area (Å²) in [7, 11) is 0. The van der Waals surface area contributed by atoms with Crippen molar-refractivity contribution in [2.75, 3.05) is 16.8 Å². The van der Waals surface area contributed by atoms with E-state index in [0.29, 0.717) is 11.5 Å². The van der Waals surface area contributed by atoms with Crippen LogP contribution >= 0.6 is 11.8 Å². The van der Waals surface area contributed by atoms with Crippen LogP contribution in [0.15, 0.2) is 24.3 Å². The van der Waals surface area contributed by atoms with Gasteiger partial charge in [-0.15, -0.1) is 0 Å². The Balaban J connectivity index is 2.13. The first-order valence-corrected chi connectivity index (χ1v) is 5.94. The maximum Gasteiger partial charge on any atom is 0.331 e. The van der Waals surface area contributed by atoms with Crippen molar-refractivity contribution in [2.24, 2.45) is 0 Å².